The number of H-pyrrole nitrogens is 1. The zero-order valence-corrected chi connectivity index (χ0v) is 23.4. The number of nitrogens with zero attached hydrogens (tertiary/aromatic N) is 4. The fourth-order valence-electron chi connectivity index (χ4n) is 6.90. The van der Waals surface area contributed by atoms with Crippen molar-refractivity contribution >= 4 is 22.0 Å². The van der Waals surface area contributed by atoms with E-state index < -0.39 is 26.0 Å². The lowest BCUT2D eigenvalue weighted by molar-refractivity contribution is 0.0117. The van der Waals surface area contributed by atoms with Crippen LogP contribution in [-0.2, 0) is 21.4 Å². The number of aliphatic hydroxyl groups excluding tert-OH is 1. The zero-order valence-electron chi connectivity index (χ0n) is 22.5. The van der Waals surface area contributed by atoms with Gasteiger partial charge in [0.25, 0.3) is 0 Å². The van der Waals surface area contributed by atoms with Gasteiger partial charge in [0, 0.05) is 44.0 Å². The summed E-state index contributed by atoms with van der Waals surface area (Å²) in [5.74, 6) is 0.589. The Morgan fingerprint density at radius 3 is 2.65 bits per heavy atom. The van der Waals surface area contributed by atoms with Crippen molar-refractivity contribution in [3.8, 4) is 0 Å². The Bertz CT molecular complexity index is 1510. The van der Waals surface area contributed by atoms with Crippen LogP contribution in [0.1, 0.15) is 30.5 Å². The van der Waals surface area contributed by atoms with Crippen LogP contribution >= 0.6 is 0 Å². The van der Waals surface area contributed by atoms with Gasteiger partial charge >= 0.3 is 10.2 Å². The SMILES string of the molecule is COC(C1=CC=C(N2CC(O)C2)[N+](c2ccc(F)cc2)(S(=O)(=O)N2CCC3=Cc4[nH]ncc4C[C@H]3C2)C1)C1CC1. The van der Waals surface area contributed by atoms with Crippen LogP contribution in [0.5, 0.6) is 0 Å². The number of aliphatic hydroxyl groups is 1. The Kier molecular flexibility index (Phi) is 6.28. The molecule has 4 heterocycles. The van der Waals surface area contributed by atoms with Crippen LogP contribution in [0.15, 0.2) is 59.6 Å². The summed E-state index contributed by atoms with van der Waals surface area (Å²) in [5, 5.41) is 17.4. The van der Waals surface area contributed by atoms with Crippen LogP contribution in [0.3, 0.4) is 0 Å². The number of piperidine rings is 1. The molecule has 0 amide bonds. The van der Waals surface area contributed by atoms with E-state index in [2.05, 4.69) is 16.3 Å². The van der Waals surface area contributed by atoms with E-state index in [9.17, 15) is 9.50 Å². The average molecular weight is 569 g/mol. The molecule has 1 aromatic carbocycles. The molecule has 40 heavy (non-hydrogen) atoms. The van der Waals surface area contributed by atoms with E-state index in [1.54, 1.807) is 23.5 Å². The largest absolute Gasteiger partial charge is 0.389 e. The molecule has 9 nitrogen and oxygen atoms in total. The predicted octanol–water partition coefficient (Wildman–Crippen LogP) is 2.95. The molecule has 0 bridgehead atoms. The summed E-state index contributed by atoms with van der Waals surface area (Å²) < 4.78 is 51.6. The number of hydrogen-bond acceptors (Lipinski definition) is 6. The second-order valence-electron chi connectivity index (χ2n) is 11.7. The molecule has 1 aromatic heterocycles. The number of quaternary nitrogens is 1. The summed E-state index contributed by atoms with van der Waals surface area (Å²) in [5.41, 5.74) is 4.75. The molecule has 3 aliphatic heterocycles. The molecule has 5 aliphatic rings. The van der Waals surface area contributed by atoms with E-state index in [1.807, 2.05) is 23.2 Å². The topological polar surface area (TPSA) is 98.8 Å². The van der Waals surface area contributed by atoms with Crippen molar-refractivity contribution in [3.63, 3.8) is 0 Å². The number of methoxy groups -OCH3 is 1. The van der Waals surface area contributed by atoms with Crippen molar-refractivity contribution in [3.05, 3.63) is 76.7 Å². The van der Waals surface area contributed by atoms with E-state index in [1.165, 1.54) is 17.7 Å². The van der Waals surface area contributed by atoms with E-state index in [0.29, 0.717) is 50.0 Å². The normalized spacial score (nSPS) is 28.1. The minimum absolute atomic E-state index is 0.0677. The molecule has 11 heteroatoms. The van der Waals surface area contributed by atoms with Gasteiger partial charge < -0.3 is 14.7 Å². The highest BCUT2D eigenvalue weighted by atomic mass is 32.2. The molecule has 3 fully saturated rings. The Morgan fingerprint density at radius 2 is 1.95 bits per heavy atom. The predicted molar refractivity (Wildman–Crippen MR) is 149 cm³/mol. The van der Waals surface area contributed by atoms with Crippen molar-refractivity contribution in [2.45, 2.75) is 37.9 Å². The molecular formula is C29H35FN5O4S+. The zero-order chi connectivity index (χ0) is 27.6. The van der Waals surface area contributed by atoms with Crippen molar-refractivity contribution in [1.29, 1.82) is 0 Å². The number of benzene rings is 1. The highest BCUT2D eigenvalue weighted by molar-refractivity contribution is 7.88. The lowest BCUT2D eigenvalue weighted by atomic mass is 9.83. The number of β-amino-alcohol motifs (C(OH)–C–C–N with tert-alkyl or cyclic N) is 1. The number of nitrogens with one attached hydrogen (secondary N) is 1. The Hall–Kier alpha value is -2.83. The molecule has 2 aromatic rings. The Balaban J connectivity index is 1.33. The highest BCUT2D eigenvalue weighted by Gasteiger charge is 2.58. The van der Waals surface area contributed by atoms with Crippen LogP contribution in [0.4, 0.5) is 10.1 Å². The van der Waals surface area contributed by atoms with Crippen LogP contribution in [0.2, 0.25) is 0 Å². The van der Waals surface area contributed by atoms with E-state index in [0.717, 1.165) is 36.1 Å². The molecule has 7 rings (SSSR count). The molecule has 2 unspecified atom stereocenters. The first kappa shape index (κ1) is 26.1. The molecule has 1 saturated carbocycles. The first-order chi connectivity index (χ1) is 19.3. The van der Waals surface area contributed by atoms with Crippen molar-refractivity contribution in [2.75, 3.05) is 39.8 Å². The second-order valence-corrected chi connectivity index (χ2v) is 13.7. The summed E-state index contributed by atoms with van der Waals surface area (Å²) in [6, 6.07) is 5.84. The molecule has 0 radical (unpaired) electrons. The smallest absolute Gasteiger partial charge is 0.383 e. The fourth-order valence-corrected chi connectivity index (χ4v) is 9.10. The van der Waals surface area contributed by atoms with Gasteiger partial charge in [0.2, 0.25) is 5.82 Å². The van der Waals surface area contributed by atoms with Crippen molar-refractivity contribution in [2.24, 2.45) is 11.8 Å². The molecular weight excluding hydrogens is 533 g/mol. The van der Waals surface area contributed by atoms with Crippen molar-refractivity contribution in [1.82, 2.24) is 23.3 Å². The van der Waals surface area contributed by atoms with Gasteiger partial charge in [-0.25, -0.2) is 4.39 Å². The minimum Gasteiger partial charge on any atom is -0.389 e. The van der Waals surface area contributed by atoms with Crippen LogP contribution in [0, 0.1) is 17.7 Å². The van der Waals surface area contributed by atoms with Crippen LogP contribution < -0.4 is 3.89 Å². The molecule has 0 spiro atoms. The number of hydrogen-bond donors (Lipinski definition) is 2. The van der Waals surface area contributed by atoms with E-state index in [-0.39, 0.29) is 18.6 Å². The number of likely N-dealkylation sites (tertiary alicyclic amines) is 1. The maximum Gasteiger partial charge on any atom is 0.383 e. The van der Waals surface area contributed by atoms with Gasteiger partial charge in [-0.05, 0) is 67.4 Å². The first-order valence-electron chi connectivity index (χ1n) is 14.0. The number of allylic oxidation sites excluding steroid dienone is 2. The van der Waals surface area contributed by atoms with E-state index >= 15 is 8.42 Å². The highest BCUT2D eigenvalue weighted by Crippen LogP contribution is 2.46. The number of halogens is 1. The molecule has 2 saturated heterocycles. The maximum atomic E-state index is 15.2. The fraction of sp³-hybridized carbons (Fsp3) is 0.483. The quantitative estimate of drug-likeness (QED) is 0.499. The number of aromatic amines is 1. The number of ether oxygens (including phenoxy) is 1. The van der Waals surface area contributed by atoms with Gasteiger partial charge in [0.05, 0.1) is 37.2 Å². The summed E-state index contributed by atoms with van der Waals surface area (Å²) >= 11 is 0. The van der Waals surface area contributed by atoms with Gasteiger partial charge in [-0.1, -0.05) is 5.57 Å². The Labute approximate surface area is 234 Å². The molecule has 212 valence electrons. The van der Waals surface area contributed by atoms with Crippen molar-refractivity contribution < 1.29 is 22.7 Å². The van der Waals surface area contributed by atoms with Crippen LogP contribution in [-0.4, -0.2) is 85.0 Å². The minimum atomic E-state index is -4.09. The number of rotatable bonds is 7. The third-order valence-electron chi connectivity index (χ3n) is 9.19. The standard InChI is InChI=1S/C29H35FN5O4S/c1-39-29(19-2-3-19)21-4-9-28(33-16-26(36)17-33)35(18-21,25-7-5-24(30)6-8-25)40(37,38)34-11-10-20-13-27-22(14-31-32-27)12-23(20)15-34/h4-9,13-14,19,23,26,29,36H,2-3,10-12,15-18H2,1H3,(H,31,32)/q+1/t23-,29?,35?/m0/s1. The van der Waals surface area contributed by atoms with Gasteiger partial charge in [0.15, 0.2) is 5.69 Å². The Morgan fingerprint density at radius 1 is 1.18 bits per heavy atom. The molecule has 2 aliphatic carbocycles. The second kappa shape index (κ2) is 9.63. The third-order valence-corrected chi connectivity index (χ3v) is 11.5. The lowest BCUT2D eigenvalue weighted by Gasteiger charge is -2.50. The number of fused-ring (bicyclic) bond motifs is 2. The lowest BCUT2D eigenvalue weighted by Crippen LogP contribution is -2.68. The van der Waals surface area contributed by atoms with Gasteiger partial charge in [-0.15, -0.1) is 3.89 Å². The summed E-state index contributed by atoms with van der Waals surface area (Å²) in [6.07, 6.45) is 10.6. The maximum absolute atomic E-state index is 15.2. The van der Waals surface area contributed by atoms with Crippen LogP contribution in [0.25, 0.3) is 6.08 Å². The molecule has 2 N–H and O–H groups in total. The van der Waals surface area contributed by atoms with Gasteiger partial charge in [-0.2, -0.15) is 17.8 Å². The number of aromatic nitrogens is 2. The van der Waals surface area contributed by atoms with Gasteiger partial charge in [-0.3, -0.25) is 5.10 Å². The third kappa shape index (κ3) is 4.09. The summed E-state index contributed by atoms with van der Waals surface area (Å²) in [4.78, 5) is 1.94. The van der Waals surface area contributed by atoms with Gasteiger partial charge in [0.1, 0.15) is 12.4 Å². The average Bonchev–Trinajstić information content (AvgIpc) is 3.67. The summed E-state index contributed by atoms with van der Waals surface area (Å²) in [7, 11) is -2.40. The first-order valence-corrected chi connectivity index (χ1v) is 15.4. The molecule has 3 atom stereocenters. The van der Waals surface area contributed by atoms with E-state index in [4.69, 9.17) is 4.74 Å². The summed E-state index contributed by atoms with van der Waals surface area (Å²) in [6.45, 7) is 1.59. The monoisotopic (exact) mass is 568 g/mol.